The Morgan fingerprint density at radius 2 is 1.69 bits per heavy atom. The molecule has 0 radical (unpaired) electrons. The minimum Gasteiger partial charge on any atom is -0.492 e. The first-order chi connectivity index (χ1) is 17.1. The Hall–Kier alpha value is -3.80. The van der Waals surface area contributed by atoms with E-state index in [1.807, 2.05) is 60.4 Å². The predicted octanol–water partition coefficient (Wildman–Crippen LogP) is 5.65. The molecule has 0 unspecified atom stereocenters. The van der Waals surface area contributed by atoms with Crippen molar-refractivity contribution in [1.29, 1.82) is 0 Å². The zero-order valence-corrected chi connectivity index (χ0v) is 20.5. The molecule has 0 spiro atoms. The molecule has 1 amide bonds. The zero-order valence-electron chi connectivity index (χ0n) is 20.5. The maximum Gasteiger partial charge on any atom is 0.227 e. The van der Waals surface area contributed by atoms with E-state index in [1.54, 1.807) is 0 Å². The lowest BCUT2D eigenvalue weighted by atomic mass is 10.1. The summed E-state index contributed by atoms with van der Waals surface area (Å²) in [6.45, 7) is 8.40. The van der Waals surface area contributed by atoms with Gasteiger partial charge in [0.05, 0.1) is 29.9 Å². The van der Waals surface area contributed by atoms with Crippen LogP contribution < -0.4 is 14.4 Å². The van der Waals surface area contributed by atoms with Crippen LogP contribution in [0.1, 0.15) is 36.2 Å². The number of fused-ring (bicyclic) bond motifs is 1. The van der Waals surface area contributed by atoms with Gasteiger partial charge in [-0.1, -0.05) is 42.5 Å². The maximum absolute atomic E-state index is 13.1. The van der Waals surface area contributed by atoms with Crippen molar-refractivity contribution < 1.29 is 14.3 Å². The number of hydrogen-bond donors (Lipinski definition) is 0. The van der Waals surface area contributed by atoms with E-state index < -0.39 is 0 Å². The van der Waals surface area contributed by atoms with Crippen molar-refractivity contribution in [3.63, 3.8) is 0 Å². The van der Waals surface area contributed by atoms with Crippen LogP contribution in [0.3, 0.4) is 0 Å². The van der Waals surface area contributed by atoms with Crippen LogP contribution in [0.15, 0.2) is 66.7 Å². The largest absolute Gasteiger partial charge is 0.492 e. The van der Waals surface area contributed by atoms with Crippen molar-refractivity contribution in [2.75, 3.05) is 24.7 Å². The highest BCUT2D eigenvalue weighted by atomic mass is 16.5. The molecule has 35 heavy (non-hydrogen) atoms. The molecule has 3 aromatic carbocycles. The van der Waals surface area contributed by atoms with Crippen LogP contribution in [0.4, 0.5) is 5.69 Å². The molecule has 1 aromatic heterocycles. The number of anilines is 1. The average molecular weight is 470 g/mol. The van der Waals surface area contributed by atoms with E-state index in [9.17, 15) is 4.79 Å². The van der Waals surface area contributed by atoms with Gasteiger partial charge in [0, 0.05) is 18.9 Å². The van der Waals surface area contributed by atoms with Crippen molar-refractivity contribution in [2.45, 2.75) is 39.7 Å². The molecule has 6 heteroatoms. The smallest absolute Gasteiger partial charge is 0.227 e. The van der Waals surface area contributed by atoms with Gasteiger partial charge in [-0.3, -0.25) is 4.79 Å². The maximum atomic E-state index is 13.1. The van der Waals surface area contributed by atoms with Crippen LogP contribution in [0.5, 0.6) is 11.5 Å². The monoisotopic (exact) mass is 469 g/mol. The Balaban J connectivity index is 1.42. The molecular weight excluding hydrogens is 438 g/mol. The highest BCUT2D eigenvalue weighted by Crippen LogP contribution is 2.37. The second-order valence-corrected chi connectivity index (χ2v) is 8.99. The highest BCUT2D eigenvalue weighted by Gasteiger charge is 2.36. The predicted molar refractivity (Wildman–Crippen MR) is 138 cm³/mol. The van der Waals surface area contributed by atoms with E-state index in [1.165, 1.54) is 0 Å². The number of hydrogen-bond acceptors (Lipinski definition) is 4. The van der Waals surface area contributed by atoms with E-state index in [4.69, 9.17) is 14.5 Å². The van der Waals surface area contributed by atoms with Gasteiger partial charge in [-0.25, -0.2) is 4.98 Å². The Kier molecular flexibility index (Phi) is 6.45. The Morgan fingerprint density at radius 1 is 0.943 bits per heavy atom. The molecule has 0 saturated carbocycles. The van der Waals surface area contributed by atoms with Gasteiger partial charge in [0.15, 0.2) is 0 Å². The number of aromatic nitrogens is 2. The number of nitrogens with zero attached hydrogens (tertiary/aromatic N) is 3. The van der Waals surface area contributed by atoms with Crippen LogP contribution in [0.2, 0.25) is 0 Å². The summed E-state index contributed by atoms with van der Waals surface area (Å²) in [6, 6.07) is 22.1. The van der Waals surface area contributed by atoms with Gasteiger partial charge in [0.1, 0.15) is 23.9 Å². The van der Waals surface area contributed by atoms with Crippen LogP contribution >= 0.6 is 0 Å². The lowest BCUT2D eigenvalue weighted by molar-refractivity contribution is -0.117. The van der Waals surface area contributed by atoms with Gasteiger partial charge in [0.25, 0.3) is 0 Å². The number of carbonyl (C=O) groups excluding carboxylic acids is 1. The summed E-state index contributed by atoms with van der Waals surface area (Å²) in [6.07, 6.45) is 0.418. The number of para-hydroxylation sites is 5. The third-order valence-corrected chi connectivity index (χ3v) is 6.60. The SMILES string of the molecule is CCOc1ccccc1N1C[C@H](c2nc3ccccc3n2CCOc2c(C)cccc2C)CC1=O. The number of carbonyl (C=O) groups is 1. The summed E-state index contributed by atoms with van der Waals surface area (Å²) in [5.74, 6) is 2.69. The fourth-order valence-corrected chi connectivity index (χ4v) is 4.98. The molecular formula is C29H31N3O3. The number of ether oxygens (including phenoxy) is 2. The zero-order chi connectivity index (χ0) is 24.4. The van der Waals surface area contributed by atoms with E-state index in [2.05, 4.69) is 36.6 Å². The van der Waals surface area contributed by atoms with Crippen molar-refractivity contribution in [1.82, 2.24) is 9.55 Å². The van der Waals surface area contributed by atoms with Crippen LogP contribution in [0, 0.1) is 13.8 Å². The van der Waals surface area contributed by atoms with Gasteiger partial charge in [-0.05, 0) is 56.2 Å². The number of benzene rings is 3. The molecule has 4 aromatic rings. The summed E-state index contributed by atoms with van der Waals surface area (Å²) < 4.78 is 14.2. The summed E-state index contributed by atoms with van der Waals surface area (Å²) in [5, 5.41) is 0. The van der Waals surface area contributed by atoms with Gasteiger partial charge in [0.2, 0.25) is 5.91 Å². The minimum absolute atomic E-state index is 0.00946. The summed E-state index contributed by atoms with van der Waals surface area (Å²) in [5.41, 5.74) is 5.09. The van der Waals surface area contributed by atoms with Crippen molar-refractivity contribution in [2.24, 2.45) is 0 Å². The van der Waals surface area contributed by atoms with E-state index in [0.29, 0.717) is 32.7 Å². The second kappa shape index (κ2) is 9.82. The van der Waals surface area contributed by atoms with Crippen LogP contribution in [0.25, 0.3) is 11.0 Å². The molecule has 180 valence electrons. The molecule has 1 saturated heterocycles. The first-order valence-corrected chi connectivity index (χ1v) is 12.2. The topological polar surface area (TPSA) is 56.6 Å². The Morgan fingerprint density at radius 3 is 2.49 bits per heavy atom. The van der Waals surface area contributed by atoms with Gasteiger partial charge < -0.3 is 18.9 Å². The van der Waals surface area contributed by atoms with E-state index >= 15 is 0 Å². The third-order valence-electron chi connectivity index (χ3n) is 6.60. The lowest BCUT2D eigenvalue weighted by Crippen LogP contribution is -2.25. The first kappa shape index (κ1) is 23.0. The average Bonchev–Trinajstić information content (AvgIpc) is 3.42. The lowest BCUT2D eigenvalue weighted by Gasteiger charge is -2.20. The van der Waals surface area contributed by atoms with Crippen molar-refractivity contribution >= 4 is 22.6 Å². The molecule has 1 fully saturated rings. The molecule has 2 heterocycles. The molecule has 1 aliphatic rings. The molecule has 0 aliphatic carbocycles. The molecule has 0 N–H and O–H groups in total. The normalized spacial score (nSPS) is 15.7. The quantitative estimate of drug-likeness (QED) is 0.335. The Labute approximate surface area is 206 Å². The van der Waals surface area contributed by atoms with Crippen LogP contribution in [-0.4, -0.2) is 35.2 Å². The molecule has 0 bridgehead atoms. The summed E-state index contributed by atoms with van der Waals surface area (Å²) in [7, 11) is 0. The fourth-order valence-electron chi connectivity index (χ4n) is 4.98. The van der Waals surface area contributed by atoms with E-state index in [-0.39, 0.29) is 11.8 Å². The summed E-state index contributed by atoms with van der Waals surface area (Å²) in [4.78, 5) is 19.9. The minimum atomic E-state index is -0.00946. The number of rotatable bonds is 8. The van der Waals surface area contributed by atoms with Gasteiger partial charge in [-0.15, -0.1) is 0 Å². The molecule has 1 aliphatic heterocycles. The number of imidazole rings is 1. The first-order valence-electron chi connectivity index (χ1n) is 12.2. The second-order valence-electron chi connectivity index (χ2n) is 8.99. The summed E-state index contributed by atoms with van der Waals surface area (Å²) >= 11 is 0. The van der Waals surface area contributed by atoms with E-state index in [0.717, 1.165) is 45.2 Å². The van der Waals surface area contributed by atoms with Gasteiger partial charge in [-0.2, -0.15) is 0 Å². The highest BCUT2D eigenvalue weighted by molar-refractivity contribution is 5.97. The fraction of sp³-hybridized carbons (Fsp3) is 0.310. The van der Waals surface area contributed by atoms with Gasteiger partial charge >= 0.3 is 0 Å². The van der Waals surface area contributed by atoms with Crippen molar-refractivity contribution in [3.8, 4) is 11.5 Å². The Bertz CT molecular complexity index is 1340. The van der Waals surface area contributed by atoms with Crippen LogP contribution in [-0.2, 0) is 11.3 Å². The molecule has 5 rings (SSSR count). The standard InChI is InChI=1S/C29H31N3O3/c1-4-34-26-15-8-7-14-25(26)32-19-22(18-27(32)33)29-30-23-12-5-6-13-24(23)31(29)16-17-35-28-20(2)10-9-11-21(28)3/h5-15,22H,4,16-19H2,1-3H3/t22-/m1/s1. The molecule has 1 atom stereocenters. The number of amides is 1. The van der Waals surface area contributed by atoms with Crippen molar-refractivity contribution in [3.05, 3.63) is 83.7 Å². The molecule has 6 nitrogen and oxygen atoms in total. The third kappa shape index (κ3) is 4.48. The number of aryl methyl sites for hydroxylation is 2.